The zero-order valence-corrected chi connectivity index (χ0v) is 18.8. The van der Waals surface area contributed by atoms with E-state index in [4.69, 9.17) is 0 Å². The molecule has 1 atom stereocenters. The predicted octanol–water partition coefficient (Wildman–Crippen LogP) is 3.86. The van der Waals surface area contributed by atoms with Gasteiger partial charge in [-0.1, -0.05) is 49.1 Å². The maximum Gasteiger partial charge on any atom is 0.101 e. The standard InChI is InChI=1S/C25H36N6/c1-4-6-8-12-18-27-19-13-20-28-22-30-23(14-7-5-2)17-21-29-25-16-11-9-10-15-24(26-3)31-25/h4-11,14,16,18-19,25,28-29H,2,13,15,17,20-22H2,1,3H3,(H,26,31)/b6-4-,10-9-,14-7-,16-11?,27-19?,30-23+. The normalized spacial score (nSPS) is 19.4. The lowest BCUT2D eigenvalue weighted by Crippen LogP contribution is -2.44. The van der Waals surface area contributed by atoms with Crippen LogP contribution in [0.25, 0.3) is 0 Å². The Bertz CT molecular complexity index is 774. The average molecular weight is 421 g/mol. The van der Waals surface area contributed by atoms with Gasteiger partial charge in [0, 0.05) is 44.9 Å². The number of amidine groups is 1. The van der Waals surface area contributed by atoms with Gasteiger partial charge in [0.15, 0.2) is 0 Å². The fourth-order valence-corrected chi connectivity index (χ4v) is 2.51. The molecule has 6 heteroatoms. The van der Waals surface area contributed by atoms with Gasteiger partial charge in [-0.2, -0.15) is 0 Å². The molecule has 166 valence electrons. The lowest BCUT2D eigenvalue weighted by atomic mass is 10.2. The van der Waals surface area contributed by atoms with Crippen LogP contribution in [0.2, 0.25) is 0 Å². The SMILES string of the molecule is C=C/C=C\C(CCNC1C=C/C=C\CC(=NC)N1)=N/CNCCC=NC=C=C/C=C\C. The summed E-state index contributed by atoms with van der Waals surface area (Å²) in [6.07, 6.45) is 25.7. The minimum absolute atomic E-state index is 0.0487. The minimum Gasteiger partial charge on any atom is -0.355 e. The first-order valence-electron chi connectivity index (χ1n) is 10.7. The van der Waals surface area contributed by atoms with Gasteiger partial charge < -0.3 is 5.32 Å². The third kappa shape index (κ3) is 14.6. The van der Waals surface area contributed by atoms with Gasteiger partial charge in [-0.05, 0) is 31.6 Å². The summed E-state index contributed by atoms with van der Waals surface area (Å²) in [5, 5.41) is 10.2. The summed E-state index contributed by atoms with van der Waals surface area (Å²) in [7, 11) is 1.81. The number of rotatable bonds is 13. The second-order valence-electron chi connectivity index (χ2n) is 6.52. The number of hydrogen-bond acceptors (Lipinski definition) is 5. The molecular formula is C25H36N6. The van der Waals surface area contributed by atoms with Crippen LogP contribution in [0.3, 0.4) is 0 Å². The van der Waals surface area contributed by atoms with Crippen LogP contribution >= 0.6 is 0 Å². The van der Waals surface area contributed by atoms with E-state index in [1.807, 2.05) is 55.7 Å². The summed E-state index contributed by atoms with van der Waals surface area (Å²) in [4.78, 5) is 13.1. The molecule has 0 aromatic rings. The van der Waals surface area contributed by atoms with Crippen molar-refractivity contribution in [3.8, 4) is 0 Å². The van der Waals surface area contributed by atoms with Gasteiger partial charge in [0.2, 0.25) is 0 Å². The monoisotopic (exact) mass is 420 g/mol. The van der Waals surface area contributed by atoms with Crippen LogP contribution in [-0.2, 0) is 0 Å². The Balaban J connectivity index is 2.40. The second-order valence-corrected chi connectivity index (χ2v) is 6.52. The highest BCUT2D eigenvalue weighted by atomic mass is 15.1. The van der Waals surface area contributed by atoms with Crippen LogP contribution in [0.4, 0.5) is 0 Å². The van der Waals surface area contributed by atoms with E-state index in [-0.39, 0.29) is 6.17 Å². The van der Waals surface area contributed by atoms with Crippen molar-refractivity contribution in [3.05, 3.63) is 79.3 Å². The van der Waals surface area contributed by atoms with E-state index < -0.39 is 0 Å². The molecule has 1 aliphatic heterocycles. The molecule has 0 aliphatic carbocycles. The smallest absolute Gasteiger partial charge is 0.101 e. The van der Waals surface area contributed by atoms with Crippen molar-refractivity contribution >= 4 is 17.8 Å². The van der Waals surface area contributed by atoms with Crippen molar-refractivity contribution in [2.24, 2.45) is 15.0 Å². The average Bonchev–Trinajstić information content (AvgIpc) is 2.76. The molecule has 1 unspecified atom stereocenters. The van der Waals surface area contributed by atoms with Crippen LogP contribution < -0.4 is 16.0 Å². The van der Waals surface area contributed by atoms with Crippen molar-refractivity contribution in [2.75, 3.05) is 26.8 Å². The Kier molecular flexibility index (Phi) is 15.9. The van der Waals surface area contributed by atoms with E-state index in [9.17, 15) is 0 Å². The molecule has 1 heterocycles. The quantitative estimate of drug-likeness (QED) is 0.183. The molecule has 31 heavy (non-hydrogen) atoms. The largest absolute Gasteiger partial charge is 0.355 e. The van der Waals surface area contributed by atoms with Gasteiger partial charge in [-0.15, -0.1) is 5.73 Å². The molecule has 0 saturated heterocycles. The fraction of sp³-hybridized carbons (Fsp3) is 0.360. The van der Waals surface area contributed by atoms with Crippen LogP contribution in [0.5, 0.6) is 0 Å². The molecule has 1 aliphatic rings. The van der Waals surface area contributed by atoms with Gasteiger partial charge in [0.05, 0.1) is 19.0 Å². The highest BCUT2D eigenvalue weighted by Gasteiger charge is 2.07. The topological polar surface area (TPSA) is 73.2 Å². The molecule has 6 nitrogen and oxygen atoms in total. The van der Waals surface area contributed by atoms with Crippen molar-refractivity contribution in [3.63, 3.8) is 0 Å². The summed E-state index contributed by atoms with van der Waals surface area (Å²) < 4.78 is 0. The van der Waals surface area contributed by atoms with Crippen LogP contribution in [0.15, 0.2) is 94.2 Å². The molecule has 1 rings (SSSR count). The van der Waals surface area contributed by atoms with Gasteiger partial charge in [-0.25, -0.2) is 0 Å². The van der Waals surface area contributed by atoms with Crippen LogP contribution in [-0.4, -0.2) is 50.7 Å². The zero-order chi connectivity index (χ0) is 22.4. The lowest BCUT2D eigenvalue weighted by Gasteiger charge is -2.20. The maximum absolute atomic E-state index is 4.66. The highest BCUT2D eigenvalue weighted by Crippen LogP contribution is 1.97. The molecule has 3 N–H and O–H groups in total. The molecule has 0 aromatic heterocycles. The summed E-state index contributed by atoms with van der Waals surface area (Å²) >= 11 is 0. The number of nitrogens with zero attached hydrogens (tertiary/aromatic N) is 3. The maximum atomic E-state index is 4.66. The van der Waals surface area contributed by atoms with E-state index in [2.05, 4.69) is 55.4 Å². The number of nitrogens with one attached hydrogen (secondary N) is 3. The molecule has 0 saturated carbocycles. The van der Waals surface area contributed by atoms with Crippen LogP contribution in [0.1, 0.15) is 26.2 Å². The van der Waals surface area contributed by atoms with E-state index in [0.29, 0.717) is 6.67 Å². The summed E-state index contributed by atoms with van der Waals surface area (Å²) in [5.74, 6) is 0.968. The van der Waals surface area contributed by atoms with Crippen LogP contribution in [0, 0.1) is 0 Å². The second kappa shape index (κ2) is 18.9. The summed E-state index contributed by atoms with van der Waals surface area (Å²) in [6.45, 7) is 7.89. The molecule has 0 bridgehead atoms. The van der Waals surface area contributed by atoms with Gasteiger partial charge >= 0.3 is 0 Å². The molecule has 0 amide bonds. The molecule has 0 radical (unpaired) electrons. The van der Waals surface area contributed by atoms with Crippen molar-refractivity contribution < 1.29 is 0 Å². The number of hydrogen-bond donors (Lipinski definition) is 3. The van der Waals surface area contributed by atoms with E-state index in [1.54, 1.807) is 19.3 Å². The molecular weight excluding hydrogens is 384 g/mol. The van der Waals surface area contributed by atoms with Gasteiger partial charge in [-0.3, -0.25) is 25.6 Å². The Morgan fingerprint density at radius 1 is 1.32 bits per heavy atom. The van der Waals surface area contributed by atoms with Crippen molar-refractivity contribution in [1.29, 1.82) is 0 Å². The third-order valence-electron chi connectivity index (χ3n) is 4.11. The molecule has 0 spiro atoms. The third-order valence-corrected chi connectivity index (χ3v) is 4.11. The molecule has 0 aromatic carbocycles. The number of aliphatic imine (C=N–C) groups is 3. The predicted molar refractivity (Wildman–Crippen MR) is 136 cm³/mol. The van der Waals surface area contributed by atoms with E-state index in [0.717, 1.165) is 43.9 Å². The first-order valence-corrected chi connectivity index (χ1v) is 10.7. The van der Waals surface area contributed by atoms with Crippen molar-refractivity contribution in [2.45, 2.75) is 32.4 Å². The fourth-order valence-electron chi connectivity index (χ4n) is 2.51. The Morgan fingerprint density at radius 2 is 2.23 bits per heavy atom. The Morgan fingerprint density at radius 3 is 3.03 bits per heavy atom. The first kappa shape index (κ1) is 26.0. The summed E-state index contributed by atoms with van der Waals surface area (Å²) in [5.41, 5.74) is 3.98. The van der Waals surface area contributed by atoms with E-state index >= 15 is 0 Å². The molecule has 0 fully saturated rings. The van der Waals surface area contributed by atoms with Gasteiger partial charge in [0.1, 0.15) is 5.84 Å². The first-order chi connectivity index (χ1) is 15.3. The van der Waals surface area contributed by atoms with E-state index in [1.165, 1.54) is 0 Å². The highest BCUT2D eigenvalue weighted by molar-refractivity contribution is 5.95. The van der Waals surface area contributed by atoms with Crippen molar-refractivity contribution in [1.82, 2.24) is 16.0 Å². The number of allylic oxidation sites excluding steroid dienone is 8. The zero-order valence-electron chi connectivity index (χ0n) is 18.8. The Labute approximate surface area is 187 Å². The minimum atomic E-state index is 0.0487. The van der Waals surface area contributed by atoms with Gasteiger partial charge in [0.25, 0.3) is 0 Å². The summed E-state index contributed by atoms with van der Waals surface area (Å²) in [6, 6.07) is 0. The lowest BCUT2D eigenvalue weighted by molar-refractivity contribution is 0.571. The Hall–Kier alpha value is -3.05.